The van der Waals surface area contributed by atoms with Crippen LogP contribution in [-0.2, 0) is 10.2 Å². The van der Waals surface area contributed by atoms with Gasteiger partial charge in [0.15, 0.2) is 0 Å². The summed E-state index contributed by atoms with van der Waals surface area (Å²) in [5.74, 6) is -0.00683. The first kappa shape index (κ1) is 17.2. The van der Waals surface area contributed by atoms with Gasteiger partial charge in [-0.1, -0.05) is 43.6 Å². The molecule has 3 nitrogen and oxygen atoms in total. The van der Waals surface area contributed by atoms with Crippen LogP contribution in [0.4, 0.5) is 0 Å². The van der Waals surface area contributed by atoms with Crippen LogP contribution in [0.3, 0.4) is 0 Å². The molecule has 0 spiro atoms. The van der Waals surface area contributed by atoms with Crippen LogP contribution in [0, 0.1) is 0 Å². The second-order valence-electron chi connectivity index (χ2n) is 4.67. The summed E-state index contributed by atoms with van der Waals surface area (Å²) >= 11 is 6.16. The lowest BCUT2D eigenvalue weighted by Gasteiger charge is -2.26. The highest BCUT2D eigenvalue weighted by Gasteiger charge is 2.23. The zero-order chi connectivity index (χ0) is 12.9. The molecule has 0 fully saturated rings. The average molecular weight is 291 g/mol. The molecule has 0 atom stereocenters. The Morgan fingerprint density at radius 2 is 1.94 bits per heavy atom. The number of hydrogen-bond acceptors (Lipinski definition) is 2. The highest BCUT2D eigenvalue weighted by molar-refractivity contribution is 6.31. The fourth-order valence-electron chi connectivity index (χ4n) is 1.65. The van der Waals surface area contributed by atoms with Crippen molar-refractivity contribution in [1.29, 1.82) is 0 Å². The van der Waals surface area contributed by atoms with E-state index in [0.717, 1.165) is 10.6 Å². The summed E-state index contributed by atoms with van der Waals surface area (Å²) in [5.41, 5.74) is 0.869. The number of likely N-dealkylation sites (N-methyl/N-ethyl adjacent to an activating group) is 1. The molecule has 0 bridgehead atoms. The lowest BCUT2D eigenvalue weighted by Crippen LogP contribution is -2.40. The molecule has 1 amide bonds. The van der Waals surface area contributed by atoms with E-state index in [9.17, 15) is 4.79 Å². The molecule has 0 aliphatic heterocycles. The smallest absolute Gasteiger partial charge is 0.233 e. The van der Waals surface area contributed by atoms with Gasteiger partial charge in [0.25, 0.3) is 0 Å². The normalized spacial score (nSPS) is 10.7. The van der Waals surface area contributed by atoms with Crippen LogP contribution in [-0.4, -0.2) is 26.0 Å². The van der Waals surface area contributed by atoms with Gasteiger partial charge in [-0.3, -0.25) is 4.79 Å². The lowest BCUT2D eigenvalue weighted by molar-refractivity contribution is -0.120. The Morgan fingerprint density at radius 1 is 1.33 bits per heavy atom. The standard InChI is InChI=1S/C13H19ClN2O.ClH/c1-13(2,9-16-12(17)8-15-3)10-6-4-5-7-11(10)14;/h4-7,15H,8-9H2,1-3H3,(H,16,17);1H. The molecule has 102 valence electrons. The molecule has 0 aromatic heterocycles. The van der Waals surface area contributed by atoms with Crippen LogP contribution < -0.4 is 10.6 Å². The molecule has 0 unspecified atom stereocenters. The number of nitrogens with one attached hydrogen (secondary N) is 2. The summed E-state index contributed by atoms with van der Waals surface area (Å²) < 4.78 is 0. The highest BCUT2D eigenvalue weighted by Crippen LogP contribution is 2.28. The molecule has 0 radical (unpaired) electrons. The Kier molecular flexibility index (Phi) is 7.29. The van der Waals surface area contributed by atoms with Gasteiger partial charge in [0.2, 0.25) is 5.91 Å². The number of benzene rings is 1. The molecule has 1 aromatic rings. The van der Waals surface area contributed by atoms with Crippen LogP contribution >= 0.6 is 24.0 Å². The van der Waals surface area contributed by atoms with E-state index in [0.29, 0.717) is 13.1 Å². The van der Waals surface area contributed by atoms with E-state index in [-0.39, 0.29) is 23.7 Å². The molecular weight excluding hydrogens is 271 g/mol. The first-order valence-corrected chi connectivity index (χ1v) is 6.01. The predicted molar refractivity (Wildman–Crippen MR) is 78.7 cm³/mol. The molecule has 0 saturated carbocycles. The van der Waals surface area contributed by atoms with Crippen LogP contribution in [0.5, 0.6) is 0 Å². The summed E-state index contributed by atoms with van der Waals surface area (Å²) in [6.07, 6.45) is 0. The van der Waals surface area contributed by atoms with E-state index in [1.165, 1.54) is 0 Å². The maximum Gasteiger partial charge on any atom is 0.233 e. The second kappa shape index (κ2) is 7.62. The number of rotatable bonds is 5. The van der Waals surface area contributed by atoms with Gasteiger partial charge in [-0.15, -0.1) is 12.4 Å². The van der Waals surface area contributed by atoms with Gasteiger partial charge < -0.3 is 10.6 Å². The molecule has 1 rings (SSSR count). The van der Waals surface area contributed by atoms with Crippen molar-refractivity contribution in [3.05, 3.63) is 34.9 Å². The van der Waals surface area contributed by atoms with Crippen LogP contribution in [0.25, 0.3) is 0 Å². The van der Waals surface area contributed by atoms with Crippen molar-refractivity contribution in [2.75, 3.05) is 20.1 Å². The number of amides is 1. The maximum atomic E-state index is 11.4. The Hall–Kier alpha value is -0.770. The maximum absolute atomic E-state index is 11.4. The Bertz CT molecular complexity index is 394. The second-order valence-corrected chi connectivity index (χ2v) is 5.08. The SMILES string of the molecule is CNCC(=O)NCC(C)(C)c1ccccc1Cl.Cl. The zero-order valence-electron chi connectivity index (χ0n) is 10.9. The van der Waals surface area contributed by atoms with E-state index >= 15 is 0 Å². The van der Waals surface area contributed by atoms with Crippen molar-refractivity contribution in [2.24, 2.45) is 0 Å². The largest absolute Gasteiger partial charge is 0.354 e. The predicted octanol–water partition coefficient (Wildman–Crippen LogP) is 2.38. The van der Waals surface area contributed by atoms with E-state index in [2.05, 4.69) is 24.5 Å². The fourth-order valence-corrected chi connectivity index (χ4v) is 2.04. The van der Waals surface area contributed by atoms with E-state index in [1.54, 1.807) is 7.05 Å². The third kappa shape index (κ3) is 4.84. The van der Waals surface area contributed by atoms with Crippen LogP contribution in [0.15, 0.2) is 24.3 Å². The average Bonchev–Trinajstić information content (AvgIpc) is 2.27. The van der Waals surface area contributed by atoms with Crippen molar-refractivity contribution >= 4 is 29.9 Å². The van der Waals surface area contributed by atoms with Crippen molar-refractivity contribution < 1.29 is 4.79 Å². The van der Waals surface area contributed by atoms with Crippen LogP contribution in [0.1, 0.15) is 19.4 Å². The molecular formula is C13H20Cl2N2O. The van der Waals surface area contributed by atoms with Crippen molar-refractivity contribution in [2.45, 2.75) is 19.3 Å². The molecule has 5 heteroatoms. The van der Waals surface area contributed by atoms with Crippen molar-refractivity contribution in [3.8, 4) is 0 Å². The number of halogens is 2. The third-order valence-electron chi connectivity index (χ3n) is 2.67. The summed E-state index contributed by atoms with van der Waals surface area (Å²) in [6.45, 7) is 5.03. The first-order chi connectivity index (χ1) is 7.97. The summed E-state index contributed by atoms with van der Waals surface area (Å²) in [7, 11) is 1.75. The van der Waals surface area contributed by atoms with Gasteiger partial charge >= 0.3 is 0 Å². The summed E-state index contributed by atoms with van der Waals surface area (Å²) in [5, 5.41) is 6.44. The third-order valence-corrected chi connectivity index (χ3v) is 3.00. The van der Waals surface area contributed by atoms with Gasteiger partial charge in [-0.25, -0.2) is 0 Å². The van der Waals surface area contributed by atoms with Crippen molar-refractivity contribution in [1.82, 2.24) is 10.6 Å². The first-order valence-electron chi connectivity index (χ1n) is 5.63. The van der Waals surface area contributed by atoms with Gasteiger partial charge in [0.05, 0.1) is 6.54 Å². The van der Waals surface area contributed by atoms with Gasteiger partial charge in [-0.2, -0.15) is 0 Å². The van der Waals surface area contributed by atoms with Gasteiger partial charge in [0.1, 0.15) is 0 Å². The molecule has 0 heterocycles. The lowest BCUT2D eigenvalue weighted by atomic mass is 9.84. The molecule has 0 aliphatic carbocycles. The van der Waals surface area contributed by atoms with Crippen molar-refractivity contribution in [3.63, 3.8) is 0 Å². The number of carbonyl (C=O) groups excluding carboxylic acids is 1. The Balaban J connectivity index is 0.00000289. The minimum Gasteiger partial charge on any atom is -0.354 e. The molecule has 0 aliphatic rings. The zero-order valence-corrected chi connectivity index (χ0v) is 12.5. The number of carbonyl (C=O) groups is 1. The molecule has 2 N–H and O–H groups in total. The van der Waals surface area contributed by atoms with Gasteiger partial charge in [-0.05, 0) is 18.7 Å². The molecule has 1 aromatic carbocycles. The van der Waals surface area contributed by atoms with E-state index in [1.807, 2.05) is 24.3 Å². The molecule has 18 heavy (non-hydrogen) atoms. The number of hydrogen-bond donors (Lipinski definition) is 2. The summed E-state index contributed by atoms with van der Waals surface area (Å²) in [6, 6.07) is 7.72. The summed E-state index contributed by atoms with van der Waals surface area (Å²) in [4.78, 5) is 11.4. The fraction of sp³-hybridized carbons (Fsp3) is 0.462. The Morgan fingerprint density at radius 3 is 2.50 bits per heavy atom. The Labute approximate surface area is 120 Å². The topological polar surface area (TPSA) is 41.1 Å². The van der Waals surface area contributed by atoms with E-state index in [4.69, 9.17) is 11.6 Å². The monoisotopic (exact) mass is 290 g/mol. The van der Waals surface area contributed by atoms with E-state index < -0.39 is 0 Å². The minimum absolute atomic E-state index is 0. The minimum atomic E-state index is -0.179. The molecule has 0 saturated heterocycles. The highest BCUT2D eigenvalue weighted by atomic mass is 35.5. The van der Waals surface area contributed by atoms with Crippen LogP contribution in [0.2, 0.25) is 5.02 Å². The quantitative estimate of drug-likeness (QED) is 0.874. The van der Waals surface area contributed by atoms with Gasteiger partial charge in [0, 0.05) is 17.0 Å².